The molecule has 94 valence electrons. The zero-order chi connectivity index (χ0) is 12.7. The summed E-state index contributed by atoms with van der Waals surface area (Å²) >= 11 is 3.42. The molecule has 1 aromatic rings. The number of alkyl halides is 1. The van der Waals surface area contributed by atoms with Crippen LogP contribution in [0.1, 0.15) is 24.0 Å². The predicted molar refractivity (Wildman–Crippen MR) is 73.4 cm³/mol. The van der Waals surface area contributed by atoms with Gasteiger partial charge in [-0.2, -0.15) is 0 Å². The van der Waals surface area contributed by atoms with Crippen LogP contribution < -0.4 is 0 Å². The second-order valence-corrected chi connectivity index (χ2v) is 7.69. The van der Waals surface area contributed by atoms with Crippen molar-refractivity contribution in [3.05, 3.63) is 29.3 Å². The van der Waals surface area contributed by atoms with Crippen LogP contribution in [-0.4, -0.2) is 19.5 Å². The Morgan fingerprint density at radius 2 is 1.88 bits per heavy atom. The average molecular weight is 317 g/mol. The third-order valence-electron chi connectivity index (χ3n) is 3.57. The number of sulfone groups is 1. The third-order valence-corrected chi connectivity index (χ3v) is 6.73. The van der Waals surface area contributed by atoms with Gasteiger partial charge in [-0.05, 0) is 55.4 Å². The molecule has 0 bridgehead atoms. The summed E-state index contributed by atoms with van der Waals surface area (Å²) in [5.74, 6) is 0.272. The molecule has 0 heterocycles. The molecule has 1 fully saturated rings. The number of hydrogen-bond donors (Lipinski definition) is 0. The summed E-state index contributed by atoms with van der Waals surface area (Å²) in [5.41, 5.74) is 2.16. The molecule has 1 aliphatic carbocycles. The SMILES string of the molecule is Cc1ccc(S(=O)(=O)CC2(CBr)CC2)cc1C. The Morgan fingerprint density at radius 1 is 1.24 bits per heavy atom. The standard InChI is InChI=1S/C13H17BrO2S/c1-10-3-4-12(7-11(10)2)17(15,16)9-13(8-14)5-6-13/h3-4,7H,5-6,8-9H2,1-2H3. The van der Waals surface area contributed by atoms with E-state index >= 15 is 0 Å². The summed E-state index contributed by atoms with van der Waals surface area (Å²) in [4.78, 5) is 0.466. The largest absolute Gasteiger partial charge is 0.224 e. The molecule has 0 unspecified atom stereocenters. The molecule has 0 aromatic heterocycles. The van der Waals surface area contributed by atoms with Crippen molar-refractivity contribution in [2.75, 3.05) is 11.1 Å². The zero-order valence-corrected chi connectivity index (χ0v) is 12.6. The third kappa shape index (κ3) is 2.74. The molecule has 0 radical (unpaired) electrons. The van der Waals surface area contributed by atoms with E-state index in [2.05, 4.69) is 15.9 Å². The summed E-state index contributed by atoms with van der Waals surface area (Å²) in [6, 6.07) is 5.40. The van der Waals surface area contributed by atoms with Gasteiger partial charge < -0.3 is 0 Å². The van der Waals surface area contributed by atoms with Gasteiger partial charge in [-0.3, -0.25) is 0 Å². The van der Waals surface area contributed by atoms with Gasteiger partial charge in [-0.1, -0.05) is 22.0 Å². The Labute approximate surface area is 111 Å². The topological polar surface area (TPSA) is 34.1 Å². The van der Waals surface area contributed by atoms with E-state index in [0.29, 0.717) is 4.90 Å². The average Bonchev–Trinajstić information content (AvgIpc) is 3.02. The summed E-state index contributed by atoms with van der Waals surface area (Å²) < 4.78 is 24.6. The van der Waals surface area contributed by atoms with Crippen LogP contribution in [0, 0.1) is 19.3 Å². The van der Waals surface area contributed by atoms with E-state index in [1.54, 1.807) is 12.1 Å². The minimum absolute atomic E-state index is 0.00236. The lowest BCUT2D eigenvalue weighted by Crippen LogP contribution is -2.18. The smallest absolute Gasteiger partial charge is 0.178 e. The van der Waals surface area contributed by atoms with Crippen LogP contribution in [0.2, 0.25) is 0 Å². The first kappa shape index (κ1) is 13.1. The maximum Gasteiger partial charge on any atom is 0.178 e. The Bertz CT molecular complexity index is 530. The van der Waals surface area contributed by atoms with Crippen molar-refractivity contribution in [1.82, 2.24) is 0 Å². The molecule has 0 spiro atoms. The Kier molecular flexibility index (Phi) is 3.38. The highest BCUT2D eigenvalue weighted by Gasteiger charge is 2.45. The first-order valence-electron chi connectivity index (χ1n) is 5.75. The first-order chi connectivity index (χ1) is 7.88. The Balaban J connectivity index is 2.29. The Hall–Kier alpha value is -0.350. The molecule has 0 amide bonds. The highest BCUT2D eigenvalue weighted by atomic mass is 79.9. The molecular weight excluding hydrogens is 300 g/mol. The minimum atomic E-state index is -3.14. The second-order valence-electron chi connectivity index (χ2n) is 5.14. The molecular formula is C13H17BrO2S. The van der Waals surface area contributed by atoms with Gasteiger partial charge in [-0.15, -0.1) is 0 Å². The lowest BCUT2D eigenvalue weighted by atomic mass is 10.1. The van der Waals surface area contributed by atoms with E-state index in [0.717, 1.165) is 29.3 Å². The van der Waals surface area contributed by atoms with Gasteiger partial charge in [0, 0.05) is 5.33 Å². The first-order valence-corrected chi connectivity index (χ1v) is 8.52. The molecule has 1 aromatic carbocycles. The van der Waals surface area contributed by atoms with Crippen molar-refractivity contribution < 1.29 is 8.42 Å². The van der Waals surface area contributed by atoms with Crippen molar-refractivity contribution >= 4 is 25.8 Å². The molecule has 0 aliphatic heterocycles. The summed E-state index contributed by atoms with van der Waals surface area (Å²) in [6.07, 6.45) is 2.03. The molecule has 4 heteroatoms. The van der Waals surface area contributed by atoms with Gasteiger partial charge in [0.05, 0.1) is 10.6 Å². The van der Waals surface area contributed by atoms with E-state index in [1.165, 1.54) is 0 Å². The molecule has 17 heavy (non-hydrogen) atoms. The van der Waals surface area contributed by atoms with Gasteiger partial charge >= 0.3 is 0 Å². The van der Waals surface area contributed by atoms with Crippen LogP contribution in [0.4, 0.5) is 0 Å². The quantitative estimate of drug-likeness (QED) is 0.799. The number of rotatable bonds is 4. The number of halogens is 1. The molecule has 1 saturated carbocycles. The van der Waals surface area contributed by atoms with Gasteiger partial charge in [0.1, 0.15) is 0 Å². The molecule has 0 atom stereocenters. The molecule has 1 aliphatic rings. The summed E-state index contributed by atoms with van der Waals surface area (Å²) in [5, 5.41) is 0.782. The summed E-state index contributed by atoms with van der Waals surface area (Å²) in [6.45, 7) is 3.94. The minimum Gasteiger partial charge on any atom is -0.224 e. The van der Waals surface area contributed by atoms with E-state index < -0.39 is 9.84 Å². The highest BCUT2D eigenvalue weighted by molar-refractivity contribution is 9.09. The fourth-order valence-corrected chi connectivity index (χ4v) is 4.90. The van der Waals surface area contributed by atoms with Crippen LogP contribution in [0.25, 0.3) is 0 Å². The number of benzene rings is 1. The van der Waals surface area contributed by atoms with E-state index in [4.69, 9.17) is 0 Å². The van der Waals surface area contributed by atoms with E-state index in [1.807, 2.05) is 19.9 Å². The highest BCUT2D eigenvalue weighted by Crippen LogP contribution is 2.48. The van der Waals surface area contributed by atoms with Gasteiger partial charge in [0.15, 0.2) is 9.84 Å². The van der Waals surface area contributed by atoms with Crippen molar-refractivity contribution in [3.8, 4) is 0 Å². The molecule has 2 rings (SSSR count). The van der Waals surface area contributed by atoms with Crippen LogP contribution in [0.3, 0.4) is 0 Å². The maximum atomic E-state index is 12.3. The van der Waals surface area contributed by atoms with E-state index in [9.17, 15) is 8.42 Å². The maximum absolute atomic E-state index is 12.3. The van der Waals surface area contributed by atoms with E-state index in [-0.39, 0.29) is 11.2 Å². The van der Waals surface area contributed by atoms with Crippen LogP contribution in [-0.2, 0) is 9.84 Å². The van der Waals surface area contributed by atoms with Gasteiger partial charge in [0.2, 0.25) is 0 Å². The Morgan fingerprint density at radius 3 is 2.35 bits per heavy atom. The van der Waals surface area contributed by atoms with Crippen molar-refractivity contribution in [1.29, 1.82) is 0 Å². The van der Waals surface area contributed by atoms with Crippen molar-refractivity contribution in [3.63, 3.8) is 0 Å². The van der Waals surface area contributed by atoms with Crippen LogP contribution in [0.5, 0.6) is 0 Å². The lowest BCUT2D eigenvalue weighted by molar-refractivity contribution is 0.572. The normalized spacial score (nSPS) is 18.1. The second kappa shape index (κ2) is 4.39. The van der Waals surface area contributed by atoms with Crippen LogP contribution in [0.15, 0.2) is 23.1 Å². The van der Waals surface area contributed by atoms with Gasteiger partial charge in [-0.25, -0.2) is 8.42 Å². The monoisotopic (exact) mass is 316 g/mol. The zero-order valence-electron chi connectivity index (χ0n) is 10.2. The number of hydrogen-bond acceptors (Lipinski definition) is 2. The van der Waals surface area contributed by atoms with Crippen molar-refractivity contribution in [2.24, 2.45) is 5.41 Å². The predicted octanol–water partition coefficient (Wildman–Crippen LogP) is 3.25. The number of aryl methyl sites for hydroxylation is 2. The van der Waals surface area contributed by atoms with Crippen molar-refractivity contribution in [2.45, 2.75) is 31.6 Å². The molecule has 0 N–H and O–H groups in total. The summed E-state index contributed by atoms with van der Waals surface area (Å²) in [7, 11) is -3.14. The lowest BCUT2D eigenvalue weighted by Gasteiger charge is -2.13. The van der Waals surface area contributed by atoms with Crippen LogP contribution >= 0.6 is 15.9 Å². The fraction of sp³-hybridized carbons (Fsp3) is 0.538. The molecule has 0 saturated heterocycles. The molecule has 2 nitrogen and oxygen atoms in total. The van der Waals surface area contributed by atoms with Gasteiger partial charge in [0.25, 0.3) is 0 Å². The fourth-order valence-electron chi connectivity index (χ4n) is 1.89.